The summed E-state index contributed by atoms with van der Waals surface area (Å²) in [6.45, 7) is 10.4. The number of rotatable bonds is 9. The van der Waals surface area contributed by atoms with Crippen LogP contribution in [0.15, 0.2) is 4.99 Å². The Kier molecular flexibility index (Phi) is 13.6. The minimum absolute atomic E-state index is 0. The molecular weight excluding hydrogens is 375 g/mol. The monoisotopic (exact) mass is 410 g/mol. The number of aliphatic imine (C=N–C) groups is 1. The molecule has 1 heterocycles. The summed E-state index contributed by atoms with van der Waals surface area (Å²) in [5, 5.41) is 6.85. The van der Waals surface area contributed by atoms with Crippen molar-refractivity contribution >= 4 is 29.9 Å². The highest BCUT2D eigenvalue weighted by atomic mass is 127. The summed E-state index contributed by atoms with van der Waals surface area (Å²) < 4.78 is 0. The molecule has 1 unspecified atom stereocenters. The SMILES string of the molecule is CCCCCCNC(=NC)NCC(C)CN1CCCC1.I. The van der Waals surface area contributed by atoms with E-state index in [1.807, 2.05) is 7.05 Å². The Hall–Kier alpha value is -0.0400. The van der Waals surface area contributed by atoms with Gasteiger partial charge in [0.15, 0.2) is 5.96 Å². The van der Waals surface area contributed by atoms with Crippen LogP contribution in [0.5, 0.6) is 0 Å². The lowest BCUT2D eigenvalue weighted by Gasteiger charge is -2.21. The van der Waals surface area contributed by atoms with E-state index < -0.39 is 0 Å². The maximum absolute atomic E-state index is 4.29. The molecule has 1 fully saturated rings. The molecule has 21 heavy (non-hydrogen) atoms. The zero-order valence-electron chi connectivity index (χ0n) is 14.2. The van der Waals surface area contributed by atoms with Crippen molar-refractivity contribution in [3.05, 3.63) is 0 Å². The fourth-order valence-corrected chi connectivity index (χ4v) is 2.72. The Morgan fingerprint density at radius 2 is 1.86 bits per heavy atom. The van der Waals surface area contributed by atoms with Gasteiger partial charge in [-0.2, -0.15) is 0 Å². The number of halogens is 1. The molecule has 0 aromatic carbocycles. The first-order valence-electron chi connectivity index (χ1n) is 8.43. The van der Waals surface area contributed by atoms with E-state index >= 15 is 0 Å². The van der Waals surface area contributed by atoms with Crippen LogP contribution in [0.3, 0.4) is 0 Å². The van der Waals surface area contributed by atoms with Crippen LogP contribution in [0.4, 0.5) is 0 Å². The molecule has 0 aromatic rings. The van der Waals surface area contributed by atoms with Crippen LogP contribution < -0.4 is 10.6 Å². The minimum Gasteiger partial charge on any atom is -0.356 e. The third-order valence-electron chi connectivity index (χ3n) is 3.93. The summed E-state index contributed by atoms with van der Waals surface area (Å²) in [5.74, 6) is 1.63. The fraction of sp³-hybridized carbons (Fsp3) is 0.938. The Morgan fingerprint density at radius 1 is 1.14 bits per heavy atom. The van der Waals surface area contributed by atoms with Crippen molar-refractivity contribution in [1.29, 1.82) is 0 Å². The Labute approximate surface area is 148 Å². The highest BCUT2D eigenvalue weighted by molar-refractivity contribution is 14.0. The summed E-state index contributed by atoms with van der Waals surface area (Å²) >= 11 is 0. The van der Waals surface area contributed by atoms with Gasteiger partial charge < -0.3 is 15.5 Å². The Bertz CT molecular complexity index is 265. The van der Waals surface area contributed by atoms with E-state index in [0.29, 0.717) is 5.92 Å². The van der Waals surface area contributed by atoms with Crippen LogP contribution in [-0.2, 0) is 0 Å². The van der Waals surface area contributed by atoms with Gasteiger partial charge in [-0.05, 0) is 38.3 Å². The lowest BCUT2D eigenvalue weighted by Crippen LogP contribution is -2.41. The second-order valence-electron chi connectivity index (χ2n) is 6.05. The van der Waals surface area contributed by atoms with Gasteiger partial charge in [0.1, 0.15) is 0 Å². The predicted molar refractivity (Wildman–Crippen MR) is 104 cm³/mol. The van der Waals surface area contributed by atoms with E-state index in [-0.39, 0.29) is 24.0 Å². The summed E-state index contributed by atoms with van der Waals surface area (Å²) in [7, 11) is 1.85. The van der Waals surface area contributed by atoms with Gasteiger partial charge in [0.05, 0.1) is 0 Å². The molecule has 0 bridgehead atoms. The molecule has 5 heteroatoms. The van der Waals surface area contributed by atoms with Crippen molar-refractivity contribution < 1.29 is 0 Å². The largest absolute Gasteiger partial charge is 0.356 e. The molecule has 2 N–H and O–H groups in total. The molecule has 126 valence electrons. The van der Waals surface area contributed by atoms with Gasteiger partial charge in [-0.15, -0.1) is 24.0 Å². The maximum Gasteiger partial charge on any atom is 0.190 e. The van der Waals surface area contributed by atoms with E-state index in [0.717, 1.165) is 19.0 Å². The molecule has 1 aliphatic rings. The Morgan fingerprint density at radius 3 is 2.48 bits per heavy atom. The smallest absolute Gasteiger partial charge is 0.190 e. The normalized spacial score (nSPS) is 17.4. The number of unbranched alkanes of at least 4 members (excludes halogenated alkanes) is 3. The molecule has 0 aromatic heterocycles. The van der Waals surface area contributed by atoms with Crippen LogP contribution in [-0.4, -0.2) is 50.6 Å². The van der Waals surface area contributed by atoms with Gasteiger partial charge >= 0.3 is 0 Å². The first-order valence-corrected chi connectivity index (χ1v) is 8.43. The summed E-state index contributed by atoms with van der Waals surface area (Å²) in [6, 6.07) is 0. The van der Waals surface area contributed by atoms with Crippen molar-refractivity contribution in [1.82, 2.24) is 15.5 Å². The third-order valence-corrected chi connectivity index (χ3v) is 3.93. The summed E-state index contributed by atoms with van der Waals surface area (Å²) in [4.78, 5) is 6.87. The minimum atomic E-state index is 0. The average Bonchev–Trinajstić information content (AvgIpc) is 2.94. The van der Waals surface area contributed by atoms with Crippen molar-refractivity contribution in [2.75, 3.05) is 39.8 Å². The van der Waals surface area contributed by atoms with E-state index in [2.05, 4.69) is 34.4 Å². The van der Waals surface area contributed by atoms with E-state index in [4.69, 9.17) is 0 Å². The van der Waals surface area contributed by atoms with Gasteiger partial charge in [-0.1, -0.05) is 33.1 Å². The third kappa shape index (κ3) is 10.3. The first kappa shape index (κ1) is 21.0. The highest BCUT2D eigenvalue weighted by Gasteiger charge is 2.14. The number of guanidine groups is 1. The van der Waals surface area contributed by atoms with Crippen LogP contribution in [0.25, 0.3) is 0 Å². The van der Waals surface area contributed by atoms with Gasteiger partial charge in [0.2, 0.25) is 0 Å². The topological polar surface area (TPSA) is 39.7 Å². The number of hydrogen-bond donors (Lipinski definition) is 2. The molecule has 0 aliphatic carbocycles. The molecule has 0 amide bonds. The van der Waals surface area contributed by atoms with Crippen LogP contribution in [0.2, 0.25) is 0 Å². The molecule has 0 spiro atoms. The summed E-state index contributed by atoms with van der Waals surface area (Å²) in [5.41, 5.74) is 0. The first-order chi connectivity index (χ1) is 9.76. The van der Waals surface area contributed by atoms with E-state index in [9.17, 15) is 0 Å². The number of nitrogens with zero attached hydrogens (tertiary/aromatic N) is 2. The molecule has 0 saturated carbocycles. The lowest BCUT2D eigenvalue weighted by atomic mass is 10.1. The second kappa shape index (κ2) is 13.6. The zero-order valence-corrected chi connectivity index (χ0v) is 16.5. The van der Waals surface area contributed by atoms with Crippen molar-refractivity contribution in [2.24, 2.45) is 10.9 Å². The van der Waals surface area contributed by atoms with Gasteiger partial charge in [0, 0.05) is 26.7 Å². The molecule has 0 radical (unpaired) electrons. The fourth-order valence-electron chi connectivity index (χ4n) is 2.72. The highest BCUT2D eigenvalue weighted by Crippen LogP contribution is 2.09. The molecular formula is C16H35IN4. The van der Waals surface area contributed by atoms with Crippen LogP contribution in [0, 0.1) is 5.92 Å². The van der Waals surface area contributed by atoms with Gasteiger partial charge in [-0.25, -0.2) is 0 Å². The predicted octanol–water partition coefficient (Wildman–Crippen LogP) is 3.08. The number of hydrogen-bond acceptors (Lipinski definition) is 2. The summed E-state index contributed by atoms with van der Waals surface area (Å²) in [6.07, 6.45) is 7.92. The number of likely N-dealkylation sites (tertiary alicyclic amines) is 1. The molecule has 1 atom stereocenters. The molecule has 1 aliphatic heterocycles. The lowest BCUT2D eigenvalue weighted by molar-refractivity contribution is 0.287. The second-order valence-corrected chi connectivity index (χ2v) is 6.05. The quantitative estimate of drug-likeness (QED) is 0.266. The molecule has 1 rings (SSSR count). The standard InChI is InChI=1S/C16H34N4.HI/c1-4-5-6-7-10-18-16(17-3)19-13-15(2)14-20-11-8-9-12-20;/h15H,4-14H2,1-3H3,(H2,17,18,19);1H. The molecule has 1 saturated heterocycles. The van der Waals surface area contributed by atoms with Crippen molar-refractivity contribution in [3.8, 4) is 0 Å². The number of nitrogens with one attached hydrogen (secondary N) is 2. The van der Waals surface area contributed by atoms with Crippen LogP contribution in [0.1, 0.15) is 52.4 Å². The van der Waals surface area contributed by atoms with E-state index in [1.54, 1.807) is 0 Å². The van der Waals surface area contributed by atoms with Crippen molar-refractivity contribution in [2.45, 2.75) is 52.4 Å². The zero-order chi connectivity index (χ0) is 14.6. The Balaban J connectivity index is 0.00000400. The van der Waals surface area contributed by atoms with Gasteiger partial charge in [0.25, 0.3) is 0 Å². The maximum atomic E-state index is 4.29. The van der Waals surface area contributed by atoms with Crippen molar-refractivity contribution in [3.63, 3.8) is 0 Å². The van der Waals surface area contributed by atoms with E-state index in [1.165, 1.54) is 58.2 Å². The molecule has 4 nitrogen and oxygen atoms in total. The average molecular weight is 410 g/mol. The van der Waals surface area contributed by atoms with Gasteiger partial charge in [-0.3, -0.25) is 4.99 Å². The van der Waals surface area contributed by atoms with Crippen LogP contribution >= 0.6 is 24.0 Å².